The average molecular weight is 390 g/mol. The summed E-state index contributed by atoms with van der Waals surface area (Å²) in [6, 6.07) is 14.7. The molecule has 1 saturated heterocycles. The lowest BCUT2D eigenvalue weighted by Gasteiger charge is -2.31. The molecule has 0 radical (unpaired) electrons. The third-order valence-corrected chi connectivity index (χ3v) is 6.27. The maximum Gasteiger partial charge on any atom is 0.156 e. The first kappa shape index (κ1) is 17.5. The van der Waals surface area contributed by atoms with Crippen LogP contribution in [0.4, 0.5) is 0 Å². The first-order valence-electron chi connectivity index (χ1n) is 9.80. The zero-order valence-electron chi connectivity index (χ0n) is 16.0. The van der Waals surface area contributed by atoms with E-state index in [9.17, 15) is 0 Å². The van der Waals surface area contributed by atoms with Gasteiger partial charge in [-0.25, -0.2) is 9.50 Å². The molecule has 0 aromatic carbocycles. The van der Waals surface area contributed by atoms with Gasteiger partial charge in [0.15, 0.2) is 11.5 Å². The van der Waals surface area contributed by atoms with E-state index in [1.54, 1.807) is 11.3 Å². The lowest BCUT2D eigenvalue weighted by atomic mass is 9.97. The fourth-order valence-electron chi connectivity index (χ4n) is 3.99. The van der Waals surface area contributed by atoms with Crippen molar-refractivity contribution >= 4 is 17.0 Å². The van der Waals surface area contributed by atoms with Gasteiger partial charge in [0.1, 0.15) is 0 Å². The van der Waals surface area contributed by atoms with Crippen LogP contribution < -0.4 is 0 Å². The first-order chi connectivity index (χ1) is 13.7. The van der Waals surface area contributed by atoms with E-state index in [0.29, 0.717) is 5.92 Å². The van der Waals surface area contributed by atoms with Crippen molar-refractivity contribution in [3.8, 4) is 10.4 Å². The topological polar surface area (TPSA) is 46.3 Å². The van der Waals surface area contributed by atoms with Gasteiger partial charge in [-0.1, -0.05) is 12.1 Å². The van der Waals surface area contributed by atoms with Crippen molar-refractivity contribution in [3.05, 3.63) is 71.3 Å². The monoisotopic (exact) mass is 389 g/mol. The number of hydrogen-bond acceptors (Lipinski definition) is 5. The number of thiophene rings is 1. The predicted octanol–water partition coefficient (Wildman–Crippen LogP) is 4.54. The van der Waals surface area contributed by atoms with Gasteiger partial charge in [0.2, 0.25) is 0 Å². The summed E-state index contributed by atoms with van der Waals surface area (Å²) in [5, 5.41) is 6.93. The fraction of sp³-hybridized carbons (Fsp3) is 0.318. The molecule has 0 aliphatic carbocycles. The van der Waals surface area contributed by atoms with E-state index in [0.717, 1.165) is 48.9 Å². The van der Waals surface area contributed by atoms with Gasteiger partial charge in [-0.05, 0) is 62.0 Å². The number of fused-ring (bicyclic) bond motifs is 1. The number of piperidine rings is 1. The Morgan fingerprint density at radius 1 is 1.11 bits per heavy atom. The largest absolute Gasteiger partial charge is 0.297 e. The maximum absolute atomic E-state index is 4.83. The molecular weight excluding hydrogens is 366 g/mol. The molecule has 0 bridgehead atoms. The van der Waals surface area contributed by atoms with E-state index in [2.05, 4.69) is 57.9 Å². The molecule has 1 fully saturated rings. The summed E-state index contributed by atoms with van der Waals surface area (Å²) in [5.41, 5.74) is 4.33. The van der Waals surface area contributed by atoms with E-state index in [-0.39, 0.29) is 0 Å². The van der Waals surface area contributed by atoms with Crippen LogP contribution in [0.5, 0.6) is 0 Å². The Labute approximate surface area is 168 Å². The van der Waals surface area contributed by atoms with Crippen LogP contribution in [-0.2, 0) is 6.54 Å². The highest BCUT2D eigenvalue weighted by Crippen LogP contribution is 2.28. The van der Waals surface area contributed by atoms with Gasteiger partial charge in [0.05, 0.1) is 5.69 Å². The molecule has 4 aromatic rings. The zero-order chi connectivity index (χ0) is 18.9. The Morgan fingerprint density at radius 2 is 2.07 bits per heavy atom. The van der Waals surface area contributed by atoms with Gasteiger partial charge in [-0.3, -0.25) is 9.88 Å². The van der Waals surface area contributed by atoms with E-state index in [1.807, 2.05) is 17.5 Å². The second-order valence-corrected chi connectivity index (χ2v) is 8.46. The minimum atomic E-state index is 0.378. The number of aryl methyl sites for hydroxylation is 1. The molecule has 4 aromatic heterocycles. The number of pyridine rings is 2. The summed E-state index contributed by atoms with van der Waals surface area (Å²) >= 11 is 1.75. The molecule has 0 N–H and O–H groups in total. The molecule has 1 aliphatic heterocycles. The lowest BCUT2D eigenvalue weighted by molar-refractivity contribution is 0.194. The molecule has 1 atom stereocenters. The Morgan fingerprint density at radius 3 is 2.93 bits per heavy atom. The van der Waals surface area contributed by atoms with Crippen molar-refractivity contribution in [1.82, 2.24) is 24.5 Å². The van der Waals surface area contributed by atoms with Gasteiger partial charge in [-0.2, -0.15) is 5.10 Å². The molecule has 5 heterocycles. The second-order valence-electron chi connectivity index (χ2n) is 7.51. The third kappa shape index (κ3) is 3.57. The molecule has 5 nitrogen and oxygen atoms in total. The molecule has 5 rings (SSSR count). The van der Waals surface area contributed by atoms with Crippen molar-refractivity contribution in [2.24, 2.45) is 0 Å². The number of aromatic nitrogens is 4. The molecular formula is C22H23N5S. The van der Waals surface area contributed by atoms with Crippen LogP contribution in [0, 0.1) is 6.92 Å². The standard InChI is InChI=1S/C22H23N5S/c1-16-5-2-7-19(23-16)15-26-11-3-6-18(13-26)22-24-21-10-9-17(14-27(21)25-22)20-8-4-12-28-20/h2,4-5,7-10,12,14,18H,3,6,11,13,15H2,1H3/t18-/m1/s1. The molecule has 28 heavy (non-hydrogen) atoms. The van der Waals surface area contributed by atoms with E-state index < -0.39 is 0 Å². The normalized spacial score (nSPS) is 18.0. The Kier molecular flexibility index (Phi) is 4.66. The minimum Gasteiger partial charge on any atom is -0.297 e. The van der Waals surface area contributed by atoms with Crippen LogP contribution in [0.3, 0.4) is 0 Å². The number of likely N-dealkylation sites (tertiary alicyclic amines) is 1. The van der Waals surface area contributed by atoms with Crippen molar-refractivity contribution in [3.63, 3.8) is 0 Å². The molecule has 1 aliphatic rings. The first-order valence-corrected chi connectivity index (χ1v) is 10.7. The summed E-state index contributed by atoms with van der Waals surface area (Å²) < 4.78 is 1.94. The van der Waals surface area contributed by atoms with Crippen LogP contribution in [0.2, 0.25) is 0 Å². The highest BCUT2D eigenvalue weighted by atomic mass is 32.1. The van der Waals surface area contributed by atoms with Crippen molar-refractivity contribution in [1.29, 1.82) is 0 Å². The molecule has 0 saturated carbocycles. The lowest BCUT2D eigenvalue weighted by Crippen LogP contribution is -2.34. The van der Waals surface area contributed by atoms with Crippen molar-refractivity contribution in [2.45, 2.75) is 32.2 Å². The van der Waals surface area contributed by atoms with Crippen LogP contribution >= 0.6 is 11.3 Å². The van der Waals surface area contributed by atoms with Crippen LogP contribution in [0.25, 0.3) is 16.1 Å². The minimum absolute atomic E-state index is 0.378. The maximum atomic E-state index is 4.83. The Bertz CT molecular complexity index is 1090. The van der Waals surface area contributed by atoms with Crippen LogP contribution in [0.1, 0.15) is 36.0 Å². The molecule has 0 unspecified atom stereocenters. The smallest absolute Gasteiger partial charge is 0.156 e. The highest BCUT2D eigenvalue weighted by molar-refractivity contribution is 7.13. The van der Waals surface area contributed by atoms with E-state index in [4.69, 9.17) is 10.1 Å². The van der Waals surface area contributed by atoms with Crippen LogP contribution in [0.15, 0.2) is 54.0 Å². The third-order valence-electron chi connectivity index (χ3n) is 5.36. The molecule has 142 valence electrons. The number of rotatable bonds is 4. The second kappa shape index (κ2) is 7.45. The Hall–Kier alpha value is -2.57. The summed E-state index contributed by atoms with van der Waals surface area (Å²) in [6.07, 6.45) is 4.41. The number of hydrogen-bond donors (Lipinski definition) is 0. The van der Waals surface area contributed by atoms with Crippen molar-refractivity contribution < 1.29 is 0 Å². The predicted molar refractivity (Wildman–Crippen MR) is 113 cm³/mol. The van der Waals surface area contributed by atoms with Crippen molar-refractivity contribution in [2.75, 3.05) is 13.1 Å². The van der Waals surface area contributed by atoms with Gasteiger partial charge in [-0.15, -0.1) is 11.3 Å². The fourth-order valence-corrected chi connectivity index (χ4v) is 4.71. The summed E-state index contributed by atoms with van der Waals surface area (Å²) in [4.78, 5) is 13.2. The van der Waals surface area contributed by atoms with Gasteiger partial charge < -0.3 is 0 Å². The summed E-state index contributed by atoms with van der Waals surface area (Å²) in [7, 11) is 0. The summed E-state index contributed by atoms with van der Waals surface area (Å²) in [6.45, 7) is 5.05. The van der Waals surface area contributed by atoms with Crippen LogP contribution in [-0.4, -0.2) is 37.6 Å². The van der Waals surface area contributed by atoms with Gasteiger partial charge in [0, 0.05) is 41.3 Å². The zero-order valence-corrected chi connectivity index (χ0v) is 16.8. The molecule has 6 heteroatoms. The van der Waals surface area contributed by atoms with E-state index in [1.165, 1.54) is 16.9 Å². The summed E-state index contributed by atoms with van der Waals surface area (Å²) in [5.74, 6) is 1.34. The Balaban J connectivity index is 1.35. The number of nitrogens with zero attached hydrogens (tertiary/aromatic N) is 5. The van der Waals surface area contributed by atoms with Gasteiger partial charge in [0.25, 0.3) is 0 Å². The highest BCUT2D eigenvalue weighted by Gasteiger charge is 2.25. The SMILES string of the molecule is Cc1cccc(CN2CCC[C@@H](c3nc4ccc(-c5cccs5)cn4n3)C2)n1. The molecule has 0 spiro atoms. The van der Waals surface area contributed by atoms with E-state index >= 15 is 0 Å². The van der Waals surface area contributed by atoms with Gasteiger partial charge >= 0.3 is 0 Å². The molecule has 0 amide bonds. The quantitative estimate of drug-likeness (QED) is 0.514. The average Bonchev–Trinajstić information content (AvgIpc) is 3.37.